The second-order valence-corrected chi connectivity index (χ2v) is 2.30. The van der Waals surface area contributed by atoms with Crippen molar-refractivity contribution in [2.45, 2.75) is 0 Å². The summed E-state index contributed by atoms with van der Waals surface area (Å²) in [4.78, 5) is 14.3. The zero-order chi connectivity index (χ0) is 6.69. The molecule has 4 nitrogen and oxygen atoms in total. The summed E-state index contributed by atoms with van der Waals surface area (Å²) in [7, 11) is 0. The Kier molecular flexibility index (Phi) is 2.07. The summed E-state index contributed by atoms with van der Waals surface area (Å²) in [5.74, 6) is -0.157. The lowest BCUT2D eigenvalue weighted by Crippen LogP contribution is -2.41. The monoisotopic (exact) mass is 145 g/mol. The van der Waals surface area contributed by atoms with E-state index in [1.54, 1.807) is 4.41 Å². The highest BCUT2D eigenvalue weighted by Crippen LogP contribution is 2.01. The molecule has 0 fully saturated rings. The van der Waals surface area contributed by atoms with Gasteiger partial charge in [-0.15, -0.1) is 4.41 Å². The Bertz CT molecular complexity index is 147. The van der Waals surface area contributed by atoms with Crippen LogP contribution in [-0.4, -0.2) is 29.5 Å². The highest BCUT2D eigenvalue weighted by Gasteiger charge is 2.08. The van der Waals surface area contributed by atoms with Crippen LogP contribution in [0, 0.1) is 0 Å². The Hall–Kier alpha value is -0.550. The molecule has 1 aliphatic heterocycles. The Morgan fingerprint density at radius 1 is 2.00 bits per heavy atom. The second-order valence-electron chi connectivity index (χ2n) is 1.49. The molecular weight excluding hydrogens is 138 g/mol. The average Bonchev–Trinajstić information content (AvgIpc) is 1.88. The molecule has 5 heteroatoms. The van der Waals surface area contributed by atoms with Crippen LogP contribution in [0.15, 0.2) is 4.99 Å². The van der Waals surface area contributed by atoms with Gasteiger partial charge in [-0.2, -0.15) is 0 Å². The van der Waals surface area contributed by atoms with E-state index in [0.717, 1.165) is 0 Å². The molecule has 0 spiro atoms. The van der Waals surface area contributed by atoms with E-state index in [9.17, 15) is 4.79 Å². The van der Waals surface area contributed by atoms with Crippen molar-refractivity contribution in [1.82, 2.24) is 9.84 Å². The number of aliphatic imine (C=N–C) groups is 1. The fraction of sp³-hybridized carbons (Fsp3) is 0.500. The van der Waals surface area contributed by atoms with E-state index in [0.29, 0.717) is 6.67 Å². The van der Waals surface area contributed by atoms with E-state index >= 15 is 0 Å². The van der Waals surface area contributed by atoms with Gasteiger partial charge < -0.3 is 0 Å². The number of nitrogens with one attached hydrogen (secondary N) is 1. The zero-order valence-corrected chi connectivity index (χ0v) is 5.81. The Morgan fingerprint density at radius 3 is 3.22 bits per heavy atom. The molecular formula is C4H7N3OS. The maximum absolute atomic E-state index is 10.5. The van der Waals surface area contributed by atoms with Gasteiger partial charge in [0.2, 0.25) is 0 Å². The van der Waals surface area contributed by atoms with Crippen LogP contribution in [0.5, 0.6) is 0 Å². The van der Waals surface area contributed by atoms with E-state index in [1.165, 1.54) is 18.2 Å². The number of hydrogen-bond acceptors (Lipinski definition) is 4. The lowest BCUT2D eigenvalue weighted by molar-refractivity contribution is -0.117. The lowest BCUT2D eigenvalue weighted by atomic mass is 10.7. The number of hydrogen-bond donors (Lipinski definition) is 1. The number of amides is 1. The number of carbonyl (C=O) groups excluding carboxylic acids is 1. The van der Waals surface area contributed by atoms with Crippen molar-refractivity contribution in [1.29, 1.82) is 0 Å². The first-order valence-electron chi connectivity index (χ1n) is 2.45. The summed E-state index contributed by atoms with van der Waals surface area (Å²) in [6.07, 6.45) is 3.16. The number of carbonyl (C=O) groups is 1. The van der Waals surface area contributed by atoms with Crippen molar-refractivity contribution < 1.29 is 4.79 Å². The number of rotatable bonds is 1. The fourth-order valence-electron chi connectivity index (χ4n) is 0.488. The van der Waals surface area contributed by atoms with Gasteiger partial charge in [0.15, 0.2) is 0 Å². The minimum Gasteiger partial charge on any atom is -0.272 e. The molecule has 0 atom stereocenters. The summed E-state index contributed by atoms with van der Waals surface area (Å²) in [5.41, 5.74) is 2.57. The van der Waals surface area contributed by atoms with Gasteiger partial charge in [-0.3, -0.25) is 15.2 Å². The van der Waals surface area contributed by atoms with Crippen molar-refractivity contribution in [3.8, 4) is 0 Å². The third kappa shape index (κ3) is 1.69. The minimum atomic E-state index is -0.157. The van der Waals surface area contributed by atoms with Crippen molar-refractivity contribution in [3.63, 3.8) is 0 Å². The maximum Gasteiger partial charge on any atom is 0.277 e. The maximum atomic E-state index is 10.5. The molecule has 1 aliphatic rings. The van der Waals surface area contributed by atoms with Crippen molar-refractivity contribution in [2.24, 2.45) is 4.99 Å². The van der Waals surface area contributed by atoms with Crippen LogP contribution < -0.4 is 5.43 Å². The Labute approximate surface area is 57.4 Å². The molecule has 0 aromatic heterocycles. The molecule has 50 valence electrons. The lowest BCUT2D eigenvalue weighted by Gasteiger charge is -2.19. The molecule has 0 aliphatic carbocycles. The van der Waals surface area contributed by atoms with Crippen LogP contribution in [0.1, 0.15) is 0 Å². The molecule has 1 amide bonds. The molecule has 1 N–H and O–H groups in total. The molecule has 0 saturated heterocycles. The largest absolute Gasteiger partial charge is 0.277 e. The van der Waals surface area contributed by atoms with Gasteiger partial charge in [-0.1, -0.05) is 11.9 Å². The molecule has 0 unspecified atom stereocenters. The SMILES string of the molecule is CSN1CN=CC(=O)N1. The summed E-state index contributed by atoms with van der Waals surface area (Å²) >= 11 is 1.44. The molecule has 0 bridgehead atoms. The van der Waals surface area contributed by atoms with E-state index in [-0.39, 0.29) is 5.91 Å². The van der Waals surface area contributed by atoms with Crippen molar-refractivity contribution >= 4 is 24.1 Å². The van der Waals surface area contributed by atoms with Gasteiger partial charge in [-0.25, -0.2) is 0 Å². The summed E-state index contributed by atoms with van der Waals surface area (Å²) < 4.78 is 1.66. The predicted molar refractivity (Wildman–Crippen MR) is 36.9 cm³/mol. The zero-order valence-electron chi connectivity index (χ0n) is 5.00. The van der Waals surface area contributed by atoms with Gasteiger partial charge in [0.05, 0.1) is 6.21 Å². The van der Waals surface area contributed by atoms with Gasteiger partial charge in [0.25, 0.3) is 5.91 Å². The van der Waals surface area contributed by atoms with E-state index < -0.39 is 0 Å². The van der Waals surface area contributed by atoms with Gasteiger partial charge in [0, 0.05) is 0 Å². The van der Waals surface area contributed by atoms with E-state index in [4.69, 9.17) is 0 Å². The summed E-state index contributed by atoms with van der Waals surface area (Å²) in [5, 5.41) is 0. The molecule has 0 aromatic carbocycles. The van der Waals surface area contributed by atoms with Crippen LogP contribution in [-0.2, 0) is 4.79 Å². The third-order valence-electron chi connectivity index (χ3n) is 0.874. The first kappa shape index (κ1) is 6.57. The molecule has 1 heterocycles. The molecule has 0 saturated carbocycles. The van der Waals surface area contributed by atoms with Crippen LogP contribution >= 0.6 is 11.9 Å². The normalized spacial score (nSPS) is 19.9. The molecule has 1 rings (SSSR count). The Balaban J connectivity index is 2.47. The second kappa shape index (κ2) is 2.84. The summed E-state index contributed by atoms with van der Waals surface area (Å²) in [6.45, 7) is 0.535. The van der Waals surface area contributed by atoms with E-state index in [2.05, 4.69) is 10.4 Å². The fourth-order valence-corrected chi connectivity index (χ4v) is 0.852. The minimum absolute atomic E-state index is 0.157. The first-order valence-corrected chi connectivity index (χ1v) is 3.63. The highest BCUT2D eigenvalue weighted by atomic mass is 32.2. The summed E-state index contributed by atoms with van der Waals surface area (Å²) in [6, 6.07) is 0. The smallest absolute Gasteiger partial charge is 0.272 e. The standard InChI is InChI=1S/C4H7N3OS/c1-9-7-3-5-2-4(8)6-7/h2H,3H2,1H3,(H,6,8). The first-order chi connectivity index (χ1) is 4.33. The van der Waals surface area contributed by atoms with Gasteiger partial charge >= 0.3 is 0 Å². The number of nitrogens with zero attached hydrogens (tertiary/aromatic N) is 2. The van der Waals surface area contributed by atoms with Gasteiger partial charge in [-0.05, 0) is 6.26 Å². The molecule has 9 heavy (non-hydrogen) atoms. The van der Waals surface area contributed by atoms with Crippen molar-refractivity contribution in [2.75, 3.05) is 12.9 Å². The molecule has 0 radical (unpaired) electrons. The topological polar surface area (TPSA) is 44.7 Å². The highest BCUT2D eigenvalue weighted by molar-refractivity contribution is 7.96. The van der Waals surface area contributed by atoms with Crippen LogP contribution in [0.4, 0.5) is 0 Å². The number of hydrazine groups is 1. The Morgan fingerprint density at radius 2 is 2.78 bits per heavy atom. The average molecular weight is 145 g/mol. The van der Waals surface area contributed by atoms with Crippen LogP contribution in [0.3, 0.4) is 0 Å². The molecule has 0 aromatic rings. The van der Waals surface area contributed by atoms with Crippen LogP contribution in [0.25, 0.3) is 0 Å². The van der Waals surface area contributed by atoms with Crippen molar-refractivity contribution in [3.05, 3.63) is 0 Å². The third-order valence-corrected chi connectivity index (χ3v) is 1.52. The van der Waals surface area contributed by atoms with E-state index in [1.807, 2.05) is 6.26 Å². The van der Waals surface area contributed by atoms with Crippen LogP contribution in [0.2, 0.25) is 0 Å². The van der Waals surface area contributed by atoms with Gasteiger partial charge in [0.1, 0.15) is 6.67 Å². The predicted octanol–water partition coefficient (Wildman–Crippen LogP) is -0.360. The quantitative estimate of drug-likeness (QED) is 0.512.